The minimum Gasteiger partial charge on any atom is -0.492 e. The summed E-state index contributed by atoms with van der Waals surface area (Å²) in [6, 6.07) is 13.7. The Bertz CT molecular complexity index is 685. The summed E-state index contributed by atoms with van der Waals surface area (Å²) in [6.45, 7) is 2.20. The summed E-state index contributed by atoms with van der Waals surface area (Å²) in [5.41, 5.74) is 0.853. The summed E-state index contributed by atoms with van der Waals surface area (Å²) in [7, 11) is 0. The van der Waals surface area contributed by atoms with Crippen LogP contribution < -0.4 is 10.1 Å². The fourth-order valence-electron chi connectivity index (χ4n) is 1.98. The first-order valence-electron chi connectivity index (χ1n) is 7.08. The third-order valence-electron chi connectivity index (χ3n) is 3.00. The summed E-state index contributed by atoms with van der Waals surface area (Å²) in [4.78, 5) is 23.2. The highest BCUT2D eigenvalue weighted by molar-refractivity contribution is 6.00. The Labute approximate surface area is 133 Å². The molecule has 0 aliphatic carbocycles. The zero-order valence-corrected chi connectivity index (χ0v) is 12.6. The van der Waals surface area contributed by atoms with Crippen LogP contribution in [0.5, 0.6) is 5.75 Å². The van der Waals surface area contributed by atoms with Crippen LogP contribution >= 0.6 is 0 Å². The number of aromatic carboxylic acids is 1. The Kier molecular flexibility index (Phi) is 5.57. The second-order valence-corrected chi connectivity index (χ2v) is 4.60. The number of para-hydroxylation sites is 1. The Balaban J connectivity index is 2.11. The van der Waals surface area contributed by atoms with Gasteiger partial charge in [0.25, 0.3) is 0 Å². The standard InChI is InChI=1S/C17H17NO5/c1-2-22-14-10-6-9-13(16(19)20)15(14)18-17(21)23-11-12-7-4-3-5-8-12/h3-10H,2,11H2,1H3,(H,18,21)(H,19,20). The Morgan fingerprint density at radius 2 is 1.83 bits per heavy atom. The molecule has 0 saturated heterocycles. The van der Waals surface area contributed by atoms with Crippen LogP contribution in [0, 0.1) is 0 Å². The van der Waals surface area contributed by atoms with Crippen LogP contribution in [0.1, 0.15) is 22.8 Å². The van der Waals surface area contributed by atoms with Crippen LogP contribution in [0.15, 0.2) is 48.5 Å². The van der Waals surface area contributed by atoms with Gasteiger partial charge in [0, 0.05) is 0 Å². The van der Waals surface area contributed by atoms with E-state index in [1.165, 1.54) is 6.07 Å². The molecule has 1 amide bonds. The minimum absolute atomic E-state index is 0.0624. The molecular formula is C17H17NO5. The van der Waals surface area contributed by atoms with Gasteiger partial charge >= 0.3 is 12.1 Å². The molecule has 0 aromatic heterocycles. The molecule has 6 nitrogen and oxygen atoms in total. The molecule has 0 heterocycles. The number of nitrogens with one attached hydrogen (secondary N) is 1. The van der Waals surface area contributed by atoms with E-state index < -0.39 is 12.1 Å². The molecule has 0 fully saturated rings. The van der Waals surface area contributed by atoms with Gasteiger partial charge in [-0.15, -0.1) is 0 Å². The third kappa shape index (κ3) is 4.47. The molecule has 2 rings (SSSR count). The van der Waals surface area contributed by atoms with E-state index in [0.717, 1.165) is 5.56 Å². The van der Waals surface area contributed by atoms with Crippen molar-refractivity contribution in [2.24, 2.45) is 0 Å². The van der Waals surface area contributed by atoms with Crippen LogP contribution in [0.2, 0.25) is 0 Å². The molecule has 0 aliphatic heterocycles. The monoisotopic (exact) mass is 315 g/mol. The van der Waals surface area contributed by atoms with Crippen LogP contribution in [-0.4, -0.2) is 23.8 Å². The number of carboxylic acids is 1. The van der Waals surface area contributed by atoms with Gasteiger partial charge in [0.1, 0.15) is 18.0 Å². The molecule has 0 unspecified atom stereocenters. The summed E-state index contributed by atoms with van der Waals surface area (Å²) >= 11 is 0. The molecule has 0 atom stereocenters. The number of amides is 1. The fraction of sp³-hybridized carbons (Fsp3) is 0.176. The van der Waals surface area contributed by atoms with Crippen molar-refractivity contribution in [3.05, 3.63) is 59.7 Å². The Morgan fingerprint density at radius 1 is 1.09 bits per heavy atom. The van der Waals surface area contributed by atoms with Crippen LogP contribution in [0.4, 0.5) is 10.5 Å². The second-order valence-electron chi connectivity index (χ2n) is 4.60. The molecule has 2 N–H and O–H groups in total. The SMILES string of the molecule is CCOc1cccc(C(=O)O)c1NC(=O)OCc1ccccc1. The molecule has 2 aromatic carbocycles. The number of benzene rings is 2. The van der Waals surface area contributed by atoms with E-state index in [1.54, 1.807) is 19.1 Å². The minimum atomic E-state index is -1.16. The third-order valence-corrected chi connectivity index (χ3v) is 3.00. The van der Waals surface area contributed by atoms with Gasteiger partial charge < -0.3 is 14.6 Å². The fourth-order valence-corrected chi connectivity index (χ4v) is 1.98. The van der Waals surface area contributed by atoms with Gasteiger partial charge in [-0.05, 0) is 24.6 Å². The maximum atomic E-state index is 11.9. The molecule has 23 heavy (non-hydrogen) atoms. The van der Waals surface area contributed by atoms with E-state index in [-0.39, 0.29) is 23.6 Å². The van der Waals surface area contributed by atoms with E-state index >= 15 is 0 Å². The van der Waals surface area contributed by atoms with E-state index in [4.69, 9.17) is 9.47 Å². The highest BCUT2D eigenvalue weighted by Gasteiger charge is 2.18. The molecular weight excluding hydrogens is 298 g/mol. The number of hydrogen-bond acceptors (Lipinski definition) is 4. The predicted molar refractivity (Wildman–Crippen MR) is 84.8 cm³/mol. The van der Waals surface area contributed by atoms with E-state index in [0.29, 0.717) is 6.61 Å². The predicted octanol–water partition coefficient (Wildman–Crippen LogP) is 3.53. The quantitative estimate of drug-likeness (QED) is 0.851. The number of carboxylic acid groups (broad SMARTS) is 1. The van der Waals surface area contributed by atoms with Crippen molar-refractivity contribution in [2.45, 2.75) is 13.5 Å². The Morgan fingerprint density at radius 3 is 2.48 bits per heavy atom. The molecule has 0 radical (unpaired) electrons. The average molecular weight is 315 g/mol. The highest BCUT2D eigenvalue weighted by Crippen LogP contribution is 2.29. The van der Waals surface area contributed by atoms with Crippen molar-refractivity contribution in [1.29, 1.82) is 0 Å². The van der Waals surface area contributed by atoms with Gasteiger partial charge in [-0.25, -0.2) is 9.59 Å². The van der Waals surface area contributed by atoms with Crippen LogP contribution in [0.3, 0.4) is 0 Å². The number of hydrogen-bond donors (Lipinski definition) is 2. The summed E-state index contributed by atoms with van der Waals surface area (Å²) < 4.78 is 10.5. The lowest BCUT2D eigenvalue weighted by molar-refractivity contribution is 0.0697. The van der Waals surface area contributed by atoms with Crippen molar-refractivity contribution in [3.8, 4) is 5.75 Å². The van der Waals surface area contributed by atoms with Crippen LogP contribution in [-0.2, 0) is 11.3 Å². The molecule has 6 heteroatoms. The number of ether oxygens (including phenoxy) is 2. The van der Waals surface area contributed by atoms with Crippen molar-refractivity contribution in [2.75, 3.05) is 11.9 Å². The first-order chi connectivity index (χ1) is 11.1. The zero-order chi connectivity index (χ0) is 16.7. The number of carbonyl (C=O) groups excluding carboxylic acids is 1. The summed E-state index contributed by atoms with van der Waals surface area (Å²) in [6.07, 6.45) is -0.747. The van der Waals surface area contributed by atoms with E-state index in [2.05, 4.69) is 5.32 Å². The van der Waals surface area contributed by atoms with Crippen molar-refractivity contribution < 1.29 is 24.2 Å². The molecule has 120 valence electrons. The van der Waals surface area contributed by atoms with Gasteiger partial charge in [0.15, 0.2) is 0 Å². The van der Waals surface area contributed by atoms with Gasteiger partial charge in [-0.3, -0.25) is 5.32 Å². The summed E-state index contributed by atoms with van der Waals surface area (Å²) in [5, 5.41) is 11.7. The van der Waals surface area contributed by atoms with Crippen molar-refractivity contribution >= 4 is 17.7 Å². The normalized spacial score (nSPS) is 9.96. The molecule has 0 spiro atoms. The van der Waals surface area contributed by atoms with Gasteiger partial charge in [-0.2, -0.15) is 0 Å². The van der Waals surface area contributed by atoms with Gasteiger partial charge in [0.2, 0.25) is 0 Å². The Hall–Kier alpha value is -3.02. The van der Waals surface area contributed by atoms with Crippen LogP contribution in [0.25, 0.3) is 0 Å². The van der Waals surface area contributed by atoms with Crippen molar-refractivity contribution in [1.82, 2.24) is 0 Å². The smallest absolute Gasteiger partial charge is 0.412 e. The van der Waals surface area contributed by atoms with Gasteiger partial charge in [-0.1, -0.05) is 36.4 Å². The first-order valence-corrected chi connectivity index (χ1v) is 7.08. The highest BCUT2D eigenvalue weighted by atomic mass is 16.5. The zero-order valence-electron chi connectivity index (χ0n) is 12.6. The largest absolute Gasteiger partial charge is 0.492 e. The lowest BCUT2D eigenvalue weighted by Gasteiger charge is -2.14. The number of rotatable bonds is 6. The topological polar surface area (TPSA) is 84.9 Å². The van der Waals surface area contributed by atoms with Crippen molar-refractivity contribution in [3.63, 3.8) is 0 Å². The van der Waals surface area contributed by atoms with E-state index in [1.807, 2.05) is 30.3 Å². The maximum absolute atomic E-state index is 11.9. The number of carbonyl (C=O) groups is 2. The van der Waals surface area contributed by atoms with E-state index in [9.17, 15) is 14.7 Å². The lowest BCUT2D eigenvalue weighted by atomic mass is 10.1. The molecule has 0 saturated carbocycles. The van der Waals surface area contributed by atoms with Gasteiger partial charge in [0.05, 0.1) is 12.2 Å². The molecule has 2 aromatic rings. The lowest BCUT2D eigenvalue weighted by Crippen LogP contribution is -2.17. The second kappa shape index (κ2) is 7.84. The number of anilines is 1. The first kappa shape index (κ1) is 16.4. The molecule has 0 bridgehead atoms. The maximum Gasteiger partial charge on any atom is 0.412 e. The summed E-state index contributed by atoms with van der Waals surface area (Å²) in [5.74, 6) is -0.881. The molecule has 0 aliphatic rings. The average Bonchev–Trinajstić information content (AvgIpc) is 2.55.